The molecule has 0 aromatic carbocycles. The fraction of sp³-hybridized carbons (Fsp3) is 0.571. The zero-order valence-corrected chi connectivity index (χ0v) is 12.9. The van der Waals surface area contributed by atoms with Gasteiger partial charge in [-0.25, -0.2) is 4.98 Å². The van der Waals surface area contributed by atoms with Gasteiger partial charge in [-0.1, -0.05) is 19.9 Å². The van der Waals surface area contributed by atoms with Crippen LogP contribution in [0.15, 0.2) is 18.0 Å². The van der Waals surface area contributed by atoms with Gasteiger partial charge < -0.3 is 5.32 Å². The molecule has 0 saturated heterocycles. The molecule has 1 amide bonds. The van der Waals surface area contributed by atoms with Crippen LogP contribution >= 0.6 is 11.3 Å². The maximum absolute atomic E-state index is 11.7. The summed E-state index contributed by atoms with van der Waals surface area (Å²) in [6.45, 7) is 12.2. The van der Waals surface area contributed by atoms with Crippen molar-refractivity contribution in [2.45, 2.75) is 45.7 Å². The number of thiazole rings is 1. The SMILES string of the molecule is C=CCNC(=O)C(C)NC(C)c1csc(C(C)C)n1. The summed E-state index contributed by atoms with van der Waals surface area (Å²) in [7, 11) is 0. The van der Waals surface area contributed by atoms with Gasteiger partial charge in [-0.15, -0.1) is 17.9 Å². The highest BCUT2D eigenvalue weighted by Gasteiger charge is 2.17. The van der Waals surface area contributed by atoms with Crippen molar-refractivity contribution in [2.75, 3.05) is 6.54 Å². The molecular weight excluding hydrogens is 258 g/mol. The molecule has 2 atom stereocenters. The molecule has 4 nitrogen and oxygen atoms in total. The molecule has 2 N–H and O–H groups in total. The van der Waals surface area contributed by atoms with Crippen LogP contribution < -0.4 is 10.6 Å². The number of hydrogen-bond acceptors (Lipinski definition) is 4. The van der Waals surface area contributed by atoms with Crippen molar-refractivity contribution < 1.29 is 4.79 Å². The topological polar surface area (TPSA) is 54.0 Å². The Balaban J connectivity index is 2.55. The molecule has 0 spiro atoms. The van der Waals surface area contributed by atoms with E-state index in [9.17, 15) is 4.79 Å². The van der Waals surface area contributed by atoms with Gasteiger partial charge in [-0.05, 0) is 13.8 Å². The van der Waals surface area contributed by atoms with Gasteiger partial charge in [-0.3, -0.25) is 10.1 Å². The summed E-state index contributed by atoms with van der Waals surface area (Å²) in [6.07, 6.45) is 1.67. The third kappa shape index (κ3) is 4.76. The van der Waals surface area contributed by atoms with E-state index in [0.29, 0.717) is 12.5 Å². The van der Waals surface area contributed by atoms with Gasteiger partial charge in [0.15, 0.2) is 0 Å². The van der Waals surface area contributed by atoms with Gasteiger partial charge in [0.2, 0.25) is 5.91 Å². The van der Waals surface area contributed by atoms with Crippen molar-refractivity contribution in [3.63, 3.8) is 0 Å². The number of aromatic nitrogens is 1. The van der Waals surface area contributed by atoms with Gasteiger partial charge in [0, 0.05) is 23.9 Å². The van der Waals surface area contributed by atoms with Crippen molar-refractivity contribution in [2.24, 2.45) is 0 Å². The molecule has 0 aliphatic heterocycles. The molecule has 2 unspecified atom stereocenters. The fourth-order valence-electron chi connectivity index (χ4n) is 1.63. The summed E-state index contributed by atoms with van der Waals surface area (Å²) < 4.78 is 0. The van der Waals surface area contributed by atoms with E-state index in [-0.39, 0.29) is 18.0 Å². The van der Waals surface area contributed by atoms with Gasteiger partial charge in [0.05, 0.1) is 16.7 Å². The first-order chi connectivity index (χ1) is 8.95. The minimum absolute atomic E-state index is 0.0222. The molecule has 0 saturated carbocycles. The molecule has 1 aromatic heterocycles. The lowest BCUT2D eigenvalue weighted by Gasteiger charge is -2.18. The maximum Gasteiger partial charge on any atom is 0.237 e. The summed E-state index contributed by atoms with van der Waals surface area (Å²) >= 11 is 1.67. The summed E-state index contributed by atoms with van der Waals surface area (Å²) in [5.74, 6) is 0.422. The number of carbonyl (C=O) groups excluding carboxylic acids is 1. The van der Waals surface area contributed by atoms with E-state index in [1.165, 1.54) is 0 Å². The molecule has 0 fully saturated rings. The second kappa shape index (κ2) is 7.40. The van der Waals surface area contributed by atoms with Crippen molar-refractivity contribution in [1.29, 1.82) is 0 Å². The van der Waals surface area contributed by atoms with Crippen LogP contribution in [0.1, 0.15) is 50.4 Å². The number of carbonyl (C=O) groups is 1. The smallest absolute Gasteiger partial charge is 0.237 e. The van der Waals surface area contributed by atoms with Crippen molar-refractivity contribution in [3.8, 4) is 0 Å². The Kier molecular flexibility index (Phi) is 6.18. The molecule has 1 aromatic rings. The van der Waals surface area contributed by atoms with E-state index in [1.54, 1.807) is 17.4 Å². The second-order valence-corrected chi connectivity index (χ2v) is 5.80. The average Bonchev–Trinajstić information content (AvgIpc) is 2.85. The van der Waals surface area contributed by atoms with Gasteiger partial charge in [0.25, 0.3) is 0 Å². The second-order valence-electron chi connectivity index (χ2n) is 4.91. The summed E-state index contributed by atoms with van der Waals surface area (Å²) in [5, 5.41) is 9.22. The average molecular weight is 281 g/mol. The third-order valence-corrected chi connectivity index (χ3v) is 3.95. The molecule has 1 rings (SSSR count). The monoisotopic (exact) mass is 281 g/mol. The molecule has 1 heterocycles. The molecule has 19 heavy (non-hydrogen) atoms. The van der Waals surface area contributed by atoms with Crippen LogP contribution in [0.3, 0.4) is 0 Å². The molecule has 0 aliphatic carbocycles. The maximum atomic E-state index is 11.7. The highest BCUT2D eigenvalue weighted by molar-refractivity contribution is 7.09. The Hall–Kier alpha value is -1.20. The van der Waals surface area contributed by atoms with Crippen LogP contribution in [-0.2, 0) is 4.79 Å². The zero-order valence-electron chi connectivity index (χ0n) is 12.1. The molecule has 5 heteroatoms. The lowest BCUT2D eigenvalue weighted by Crippen LogP contribution is -2.43. The van der Waals surface area contributed by atoms with Crippen LogP contribution in [0, 0.1) is 0 Å². The van der Waals surface area contributed by atoms with Gasteiger partial charge in [0.1, 0.15) is 0 Å². The molecule has 0 aliphatic rings. The van der Waals surface area contributed by atoms with E-state index in [2.05, 4.69) is 41.4 Å². The van der Waals surface area contributed by atoms with E-state index >= 15 is 0 Å². The van der Waals surface area contributed by atoms with E-state index in [4.69, 9.17) is 0 Å². The Morgan fingerprint density at radius 3 is 2.68 bits per heavy atom. The van der Waals surface area contributed by atoms with Gasteiger partial charge >= 0.3 is 0 Å². The summed E-state index contributed by atoms with van der Waals surface area (Å²) in [4.78, 5) is 16.3. The molecular formula is C14H23N3OS. The Labute approximate surface area is 119 Å². The highest BCUT2D eigenvalue weighted by atomic mass is 32.1. The van der Waals surface area contributed by atoms with Crippen LogP contribution in [0.2, 0.25) is 0 Å². The third-order valence-electron chi connectivity index (χ3n) is 2.79. The standard InChI is InChI=1S/C14H23N3OS/c1-6-7-15-13(18)11(5)16-10(4)12-8-19-14(17-12)9(2)3/h6,8-11,16H,1,7H2,2-5H3,(H,15,18). The predicted molar refractivity (Wildman–Crippen MR) is 80.4 cm³/mol. The first-order valence-electron chi connectivity index (χ1n) is 6.55. The lowest BCUT2D eigenvalue weighted by atomic mass is 10.2. The number of nitrogens with zero attached hydrogens (tertiary/aromatic N) is 1. The molecule has 106 valence electrons. The van der Waals surface area contributed by atoms with E-state index < -0.39 is 0 Å². The van der Waals surface area contributed by atoms with Crippen LogP contribution in [0.25, 0.3) is 0 Å². The Bertz CT molecular complexity index is 428. The summed E-state index contributed by atoms with van der Waals surface area (Å²) in [5.41, 5.74) is 0.997. The minimum atomic E-state index is -0.251. The number of amides is 1. The van der Waals surface area contributed by atoms with Crippen molar-refractivity contribution in [3.05, 3.63) is 28.7 Å². The number of rotatable bonds is 7. The summed E-state index contributed by atoms with van der Waals surface area (Å²) in [6, 6.07) is -0.188. The zero-order chi connectivity index (χ0) is 14.4. The Morgan fingerprint density at radius 2 is 2.16 bits per heavy atom. The fourth-order valence-corrected chi connectivity index (χ4v) is 2.56. The normalized spacial score (nSPS) is 14.2. The number of nitrogens with one attached hydrogen (secondary N) is 2. The van der Waals surface area contributed by atoms with Crippen LogP contribution in [0.5, 0.6) is 0 Å². The van der Waals surface area contributed by atoms with E-state index in [1.807, 2.05) is 13.8 Å². The number of hydrogen-bond donors (Lipinski definition) is 2. The van der Waals surface area contributed by atoms with Gasteiger partial charge in [-0.2, -0.15) is 0 Å². The van der Waals surface area contributed by atoms with Crippen LogP contribution in [-0.4, -0.2) is 23.5 Å². The van der Waals surface area contributed by atoms with Crippen LogP contribution in [0.4, 0.5) is 0 Å². The highest BCUT2D eigenvalue weighted by Crippen LogP contribution is 2.22. The lowest BCUT2D eigenvalue weighted by molar-refractivity contribution is -0.122. The first-order valence-corrected chi connectivity index (χ1v) is 7.43. The largest absolute Gasteiger partial charge is 0.351 e. The Morgan fingerprint density at radius 1 is 1.47 bits per heavy atom. The molecule has 0 bridgehead atoms. The predicted octanol–water partition coefficient (Wildman–Crippen LogP) is 2.61. The van der Waals surface area contributed by atoms with E-state index in [0.717, 1.165) is 10.7 Å². The minimum Gasteiger partial charge on any atom is -0.351 e. The van der Waals surface area contributed by atoms with Crippen molar-refractivity contribution >= 4 is 17.2 Å². The first kappa shape index (κ1) is 15.9. The van der Waals surface area contributed by atoms with Crippen molar-refractivity contribution in [1.82, 2.24) is 15.6 Å². The molecule has 0 radical (unpaired) electrons. The quantitative estimate of drug-likeness (QED) is 0.755.